The zero-order valence-corrected chi connectivity index (χ0v) is 15.0. The summed E-state index contributed by atoms with van der Waals surface area (Å²) in [6.07, 6.45) is 10.7. The molecule has 23 heavy (non-hydrogen) atoms. The molecule has 0 unspecified atom stereocenters. The van der Waals surface area contributed by atoms with Gasteiger partial charge in [0.2, 0.25) is 0 Å². The third kappa shape index (κ3) is 2.25. The molecule has 1 saturated heterocycles. The van der Waals surface area contributed by atoms with Crippen LogP contribution < -0.4 is 0 Å². The highest BCUT2D eigenvalue weighted by Gasteiger charge is 2.65. The van der Waals surface area contributed by atoms with Gasteiger partial charge in [0.15, 0.2) is 4.27 Å². The summed E-state index contributed by atoms with van der Waals surface area (Å²) in [5, 5.41) is 1.90. The average Bonchev–Trinajstić information content (AvgIpc) is 3.28. The van der Waals surface area contributed by atoms with Crippen molar-refractivity contribution in [3.8, 4) is 0 Å². The van der Waals surface area contributed by atoms with Crippen molar-refractivity contribution in [3.63, 3.8) is 0 Å². The Morgan fingerprint density at radius 1 is 1.00 bits per heavy atom. The second-order valence-corrected chi connectivity index (χ2v) is 10.1. The summed E-state index contributed by atoms with van der Waals surface area (Å²) in [4.78, 5) is 5.32. The van der Waals surface area contributed by atoms with Crippen molar-refractivity contribution in [2.75, 3.05) is 0 Å². The summed E-state index contributed by atoms with van der Waals surface area (Å²) in [7, 11) is 0. The highest BCUT2D eigenvalue weighted by molar-refractivity contribution is 8.26. The topological polar surface area (TPSA) is 21.6 Å². The lowest BCUT2D eigenvalue weighted by molar-refractivity contribution is -0.0124. The molecule has 0 N–H and O–H groups in total. The van der Waals surface area contributed by atoms with Gasteiger partial charge in [-0.1, -0.05) is 67.8 Å². The monoisotopic (exact) mass is 345 g/mol. The lowest BCUT2D eigenvalue weighted by Gasteiger charge is -2.36. The molecule has 2 aliphatic heterocycles. The number of nitrogens with zero attached hydrogens (tertiary/aromatic N) is 1. The summed E-state index contributed by atoms with van der Waals surface area (Å²) in [5.41, 5.74) is 1.28. The lowest BCUT2D eigenvalue weighted by atomic mass is 9.96. The lowest BCUT2D eigenvalue weighted by Crippen LogP contribution is -2.43. The van der Waals surface area contributed by atoms with Crippen LogP contribution in [0.3, 0.4) is 0 Å². The van der Waals surface area contributed by atoms with E-state index in [1.54, 1.807) is 0 Å². The van der Waals surface area contributed by atoms with Crippen LogP contribution in [-0.4, -0.2) is 26.2 Å². The van der Waals surface area contributed by atoms with Gasteiger partial charge in [-0.2, -0.15) is 0 Å². The van der Waals surface area contributed by atoms with E-state index in [1.165, 1.54) is 62.0 Å². The minimum Gasteiger partial charge on any atom is -0.347 e. The highest BCUT2D eigenvalue weighted by Crippen LogP contribution is 2.66. The van der Waals surface area contributed by atoms with Gasteiger partial charge in [0.1, 0.15) is 10.6 Å². The standard InChI is InChI=1S/C19H23NOS2/c1-2-8-14(9-3-1)17-20-18(12-6-7-13-18)19(23-17)21-15-10-4-5-11-16(15)22-19/h1-3,8-9,15-16H,4-7,10-13H2/t15-,16-,19+/m1/s1. The second-order valence-electron chi connectivity index (χ2n) is 7.28. The number of benzene rings is 1. The van der Waals surface area contributed by atoms with E-state index in [0.29, 0.717) is 11.4 Å². The Bertz CT molecular complexity index is 610. The predicted octanol–water partition coefficient (Wildman–Crippen LogP) is 5.22. The van der Waals surface area contributed by atoms with E-state index in [4.69, 9.17) is 9.73 Å². The molecule has 2 aliphatic carbocycles. The van der Waals surface area contributed by atoms with Crippen LogP contribution in [0.15, 0.2) is 35.3 Å². The Hall–Kier alpha value is -0.450. The van der Waals surface area contributed by atoms with E-state index in [0.717, 1.165) is 0 Å². The van der Waals surface area contributed by atoms with Crippen molar-refractivity contribution < 1.29 is 4.74 Å². The SMILES string of the molecule is c1ccc(C2=NC3(CCCC3)[C@@]3(O[C@@H]4CCCC[C@H]4S3)S2)cc1. The smallest absolute Gasteiger partial charge is 0.192 e. The Labute approximate surface area is 146 Å². The zero-order valence-electron chi connectivity index (χ0n) is 13.4. The maximum absolute atomic E-state index is 6.81. The van der Waals surface area contributed by atoms with Gasteiger partial charge in [0.05, 0.1) is 6.10 Å². The summed E-state index contributed by atoms with van der Waals surface area (Å²) in [6, 6.07) is 10.7. The van der Waals surface area contributed by atoms with E-state index < -0.39 is 0 Å². The van der Waals surface area contributed by atoms with Gasteiger partial charge >= 0.3 is 0 Å². The number of aliphatic imine (C=N–C) groups is 1. The first kappa shape index (κ1) is 14.9. The molecule has 0 radical (unpaired) electrons. The average molecular weight is 346 g/mol. The molecule has 4 aliphatic rings. The summed E-state index contributed by atoms with van der Waals surface area (Å²) in [5.74, 6) is 0. The van der Waals surface area contributed by atoms with Crippen molar-refractivity contribution in [1.29, 1.82) is 0 Å². The minimum absolute atomic E-state index is 0.0187. The van der Waals surface area contributed by atoms with Gasteiger partial charge in [0.25, 0.3) is 0 Å². The summed E-state index contributed by atoms with van der Waals surface area (Å²) < 4.78 is 6.67. The van der Waals surface area contributed by atoms with Crippen LogP contribution in [0.5, 0.6) is 0 Å². The van der Waals surface area contributed by atoms with Crippen LogP contribution in [0.2, 0.25) is 0 Å². The molecular formula is C19H23NOS2. The van der Waals surface area contributed by atoms with E-state index >= 15 is 0 Å². The molecule has 1 aromatic rings. The molecule has 2 saturated carbocycles. The van der Waals surface area contributed by atoms with Crippen molar-refractivity contribution in [3.05, 3.63) is 35.9 Å². The predicted molar refractivity (Wildman–Crippen MR) is 99.2 cm³/mol. The van der Waals surface area contributed by atoms with E-state index in [9.17, 15) is 0 Å². The van der Waals surface area contributed by atoms with Crippen molar-refractivity contribution in [1.82, 2.24) is 0 Å². The molecule has 3 fully saturated rings. The largest absolute Gasteiger partial charge is 0.347 e. The van der Waals surface area contributed by atoms with Crippen LogP contribution in [0, 0.1) is 0 Å². The van der Waals surface area contributed by atoms with Crippen molar-refractivity contribution in [2.45, 2.75) is 72.5 Å². The molecule has 0 aromatic heterocycles. The van der Waals surface area contributed by atoms with Crippen LogP contribution in [0.1, 0.15) is 56.9 Å². The summed E-state index contributed by atoms with van der Waals surface area (Å²) in [6.45, 7) is 0. The van der Waals surface area contributed by atoms with Crippen LogP contribution in [0.4, 0.5) is 0 Å². The van der Waals surface area contributed by atoms with Crippen LogP contribution in [-0.2, 0) is 4.74 Å². The fraction of sp³-hybridized carbons (Fsp3) is 0.632. The van der Waals surface area contributed by atoms with Gasteiger partial charge in [-0.15, -0.1) is 11.8 Å². The number of thioether (sulfide) groups is 2. The van der Waals surface area contributed by atoms with E-state index in [1.807, 2.05) is 11.8 Å². The number of hydrogen-bond donors (Lipinski definition) is 0. The molecule has 4 heteroatoms. The number of hydrogen-bond acceptors (Lipinski definition) is 4. The second kappa shape index (κ2) is 5.53. The number of ether oxygens (including phenoxy) is 1. The molecule has 122 valence electrons. The van der Waals surface area contributed by atoms with Crippen molar-refractivity contribution >= 4 is 28.6 Å². The Balaban J connectivity index is 1.53. The maximum atomic E-state index is 6.81. The molecule has 2 nitrogen and oxygen atoms in total. The third-order valence-electron chi connectivity index (χ3n) is 5.82. The van der Waals surface area contributed by atoms with Gasteiger partial charge in [-0.05, 0) is 25.7 Å². The molecule has 2 spiro atoms. The molecule has 0 bridgehead atoms. The van der Waals surface area contributed by atoms with Gasteiger partial charge in [-0.3, -0.25) is 4.99 Å². The Morgan fingerprint density at radius 2 is 1.78 bits per heavy atom. The first-order valence-corrected chi connectivity index (χ1v) is 10.7. The summed E-state index contributed by atoms with van der Waals surface area (Å²) >= 11 is 4.05. The van der Waals surface area contributed by atoms with Gasteiger partial charge in [0, 0.05) is 10.8 Å². The maximum Gasteiger partial charge on any atom is 0.192 e. The minimum atomic E-state index is -0.144. The normalized spacial score (nSPS) is 38.2. The number of fused-ring (bicyclic) bond motifs is 2. The van der Waals surface area contributed by atoms with E-state index in [-0.39, 0.29) is 9.80 Å². The molecule has 2 heterocycles. The van der Waals surface area contributed by atoms with E-state index in [2.05, 4.69) is 42.1 Å². The highest BCUT2D eigenvalue weighted by atomic mass is 32.2. The van der Waals surface area contributed by atoms with Gasteiger partial charge in [-0.25, -0.2) is 0 Å². The first-order valence-electron chi connectivity index (χ1n) is 9.00. The molecule has 3 atom stereocenters. The quantitative estimate of drug-likeness (QED) is 0.696. The van der Waals surface area contributed by atoms with Crippen molar-refractivity contribution in [2.24, 2.45) is 4.99 Å². The first-order chi connectivity index (χ1) is 11.3. The Morgan fingerprint density at radius 3 is 2.57 bits per heavy atom. The van der Waals surface area contributed by atoms with Crippen LogP contribution >= 0.6 is 23.5 Å². The zero-order chi connectivity index (χ0) is 15.3. The molecular weight excluding hydrogens is 322 g/mol. The fourth-order valence-corrected chi connectivity index (χ4v) is 8.43. The molecule has 0 amide bonds. The van der Waals surface area contributed by atoms with Crippen LogP contribution in [0.25, 0.3) is 0 Å². The Kier molecular flexibility index (Phi) is 3.57. The number of rotatable bonds is 1. The molecule has 5 rings (SSSR count). The molecule has 1 aromatic carbocycles. The third-order valence-corrected chi connectivity index (χ3v) is 9.26. The van der Waals surface area contributed by atoms with Gasteiger partial charge < -0.3 is 4.74 Å². The fourth-order valence-electron chi connectivity index (χ4n) is 4.62.